The van der Waals surface area contributed by atoms with Gasteiger partial charge in [0, 0.05) is 6.92 Å². The minimum Gasteiger partial charge on any atom is -0.497 e. The number of hydrogen-bond donors (Lipinski definition) is 2. The highest BCUT2D eigenvalue weighted by Crippen LogP contribution is 2.14. The van der Waals surface area contributed by atoms with E-state index in [0.29, 0.717) is 5.75 Å². The van der Waals surface area contributed by atoms with Crippen LogP contribution in [0.15, 0.2) is 29.2 Å². The van der Waals surface area contributed by atoms with E-state index in [1.165, 1.54) is 31.4 Å². The zero-order chi connectivity index (χ0) is 13.8. The predicted molar refractivity (Wildman–Crippen MR) is 62.5 cm³/mol. The maximum Gasteiger partial charge on any atom is 0.335 e. The molecule has 7 nitrogen and oxygen atoms in total. The van der Waals surface area contributed by atoms with Crippen LogP contribution < -0.4 is 14.8 Å². The predicted octanol–water partition coefficient (Wildman–Crippen LogP) is 0.230. The summed E-state index contributed by atoms with van der Waals surface area (Å²) in [5.41, 5.74) is 0. The summed E-state index contributed by atoms with van der Waals surface area (Å²) in [4.78, 5) is 21.6. The van der Waals surface area contributed by atoms with Crippen LogP contribution in [0.1, 0.15) is 6.92 Å². The van der Waals surface area contributed by atoms with Gasteiger partial charge in [0.05, 0.1) is 12.0 Å². The minimum atomic E-state index is -4.00. The van der Waals surface area contributed by atoms with Crippen molar-refractivity contribution in [1.29, 1.82) is 0 Å². The average molecular weight is 272 g/mol. The summed E-state index contributed by atoms with van der Waals surface area (Å²) in [7, 11) is -2.55. The van der Waals surface area contributed by atoms with Crippen LogP contribution in [0.3, 0.4) is 0 Å². The Morgan fingerprint density at radius 3 is 2.17 bits per heavy atom. The molecule has 0 spiro atoms. The first-order chi connectivity index (χ1) is 8.35. The molecule has 18 heavy (non-hydrogen) atoms. The van der Waals surface area contributed by atoms with E-state index in [0.717, 1.165) is 6.92 Å². The molecule has 0 saturated carbocycles. The van der Waals surface area contributed by atoms with Crippen molar-refractivity contribution in [2.24, 2.45) is 0 Å². The SMILES string of the molecule is COc1ccc(S(=O)(=O)NC(=O)NC(C)=O)cc1. The molecule has 0 bridgehead atoms. The average Bonchev–Trinajstić information content (AvgIpc) is 2.27. The Bertz CT molecular complexity index is 550. The Hall–Kier alpha value is -2.09. The van der Waals surface area contributed by atoms with Crippen molar-refractivity contribution in [2.45, 2.75) is 11.8 Å². The lowest BCUT2D eigenvalue weighted by Crippen LogP contribution is -2.41. The fraction of sp³-hybridized carbons (Fsp3) is 0.200. The van der Waals surface area contributed by atoms with Crippen molar-refractivity contribution in [3.05, 3.63) is 24.3 Å². The normalized spacial score (nSPS) is 10.6. The molecule has 1 rings (SSSR count). The van der Waals surface area contributed by atoms with E-state index in [4.69, 9.17) is 4.74 Å². The first-order valence-electron chi connectivity index (χ1n) is 4.83. The topological polar surface area (TPSA) is 102 Å². The van der Waals surface area contributed by atoms with Crippen LogP contribution in [0.25, 0.3) is 0 Å². The standard InChI is InChI=1S/C10H12N2O5S/c1-7(13)11-10(14)12-18(15,16)9-5-3-8(17-2)4-6-9/h3-6H,1-2H3,(H2,11,12,13,14). The smallest absolute Gasteiger partial charge is 0.335 e. The summed E-state index contributed by atoms with van der Waals surface area (Å²) in [5.74, 6) is -0.167. The van der Waals surface area contributed by atoms with E-state index >= 15 is 0 Å². The summed E-state index contributed by atoms with van der Waals surface area (Å²) in [5, 5.41) is 1.80. The van der Waals surface area contributed by atoms with Crippen LogP contribution in [0.4, 0.5) is 4.79 Å². The van der Waals surface area contributed by atoms with Gasteiger partial charge in [0.1, 0.15) is 5.75 Å². The number of sulfonamides is 1. The molecule has 1 aromatic rings. The number of carbonyl (C=O) groups excluding carboxylic acids is 2. The number of nitrogens with one attached hydrogen (secondary N) is 2. The second-order valence-electron chi connectivity index (χ2n) is 3.29. The molecular weight excluding hydrogens is 260 g/mol. The van der Waals surface area contributed by atoms with Gasteiger partial charge in [-0.15, -0.1) is 0 Å². The molecule has 0 heterocycles. The van der Waals surface area contributed by atoms with Gasteiger partial charge < -0.3 is 4.74 Å². The van der Waals surface area contributed by atoms with E-state index in [9.17, 15) is 18.0 Å². The third-order valence-corrected chi connectivity index (χ3v) is 3.23. The highest BCUT2D eigenvalue weighted by molar-refractivity contribution is 7.90. The Labute approximate surface area is 104 Å². The Balaban J connectivity index is 2.85. The number of imide groups is 1. The zero-order valence-corrected chi connectivity index (χ0v) is 10.6. The molecule has 0 aromatic heterocycles. The number of methoxy groups -OCH3 is 1. The molecule has 0 saturated heterocycles. The molecule has 3 amide bonds. The lowest BCUT2D eigenvalue weighted by Gasteiger charge is -2.07. The van der Waals surface area contributed by atoms with Crippen molar-refractivity contribution in [1.82, 2.24) is 10.0 Å². The van der Waals surface area contributed by atoms with E-state index in [2.05, 4.69) is 0 Å². The molecule has 98 valence electrons. The van der Waals surface area contributed by atoms with E-state index < -0.39 is 22.0 Å². The highest BCUT2D eigenvalue weighted by Gasteiger charge is 2.17. The van der Waals surface area contributed by atoms with Crippen molar-refractivity contribution in [3.8, 4) is 5.75 Å². The molecule has 0 radical (unpaired) electrons. The number of carbonyl (C=O) groups is 2. The third kappa shape index (κ3) is 3.74. The molecule has 1 aromatic carbocycles. The summed E-state index contributed by atoms with van der Waals surface area (Å²) < 4.78 is 30.0. The van der Waals surface area contributed by atoms with E-state index in [1.54, 1.807) is 10.0 Å². The van der Waals surface area contributed by atoms with Crippen LogP contribution in [-0.4, -0.2) is 27.5 Å². The van der Waals surface area contributed by atoms with Gasteiger partial charge in [-0.2, -0.15) is 0 Å². The van der Waals surface area contributed by atoms with Gasteiger partial charge in [-0.3, -0.25) is 10.1 Å². The number of urea groups is 1. The first kappa shape index (κ1) is 14.0. The van der Waals surface area contributed by atoms with Crippen molar-refractivity contribution >= 4 is 22.0 Å². The van der Waals surface area contributed by atoms with Crippen LogP contribution in [0, 0.1) is 0 Å². The molecule has 8 heteroatoms. The van der Waals surface area contributed by atoms with Crippen molar-refractivity contribution in [3.63, 3.8) is 0 Å². The molecule has 0 aliphatic heterocycles. The van der Waals surface area contributed by atoms with Gasteiger partial charge in [0.2, 0.25) is 5.91 Å². The molecule has 0 fully saturated rings. The second-order valence-corrected chi connectivity index (χ2v) is 4.97. The number of rotatable bonds is 3. The van der Waals surface area contributed by atoms with Crippen LogP contribution in [0.5, 0.6) is 5.75 Å². The molecule has 2 N–H and O–H groups in total. The van der Waals surface area contributed by atoms with Crippen molar-refractivity contribution < 1.29 is 22.7 Å². The van der Waals surface area contributed by atoms with Crippen molar-refractivity contribution in [2.75, 3.05) is 7.11 Å². The Morgan fingerprint density at radius 2 is 1.72 bits per heavy atom. The van der Waals surface area contributed by atoms with Gasteiger partial charge in [0.15, 0.2) is 0 Å². The maximum atomic E-state index is 11.7. The molecule has 0 unspecified atom stereocenters. The third-order valence-electron chi connectivity index (χ3n) is 1.89. The van der Waals surface area contributed by atoms with Crippen LogP contribution in [-0.2, 0) is 14.8 Å². The van der Waals surface area contributed by atoms with Gasteiger partial charge in [0.25, 0.3) is 10.0 Å². The number of ether oxygens (including phenoxy) is 1. The van der Waals surface area contributed by atoms with E-state index in [1.807, 2.05) is 0 Å². The van der Waals surface area contributed by atoms with Gasteiger partial charge >= 0.3 is 6.03 Å². The molecule has 0 aliphatic rings. The summed E-state index contributed by atoms with van der Waals surface area (Å²) in [6.45, 7) is 1.10. The Kier molecular flexibility index (Phi) is 4.27. The second kappa shape index (κ2) is 5.50. The monoisotopic (exact) mass is 272 g/mol. The lowest BCUT2D eigenvalue weighted by molar-refractivity contribution is -0.117. The number of hydrogen-bond acceptors (Lipinski definition) is 5. The fourth-order valence-corrected chi connectivity index (χ4v) is 2.03. The van der Waals surface area contributed by atoms with Gasteiger partial charge in [-0.1, -0.05) is 0 Å². The lowest BCUT2D eigenvalue weighted by atomic mass is 10.3. The van der Waals surface area contributed by atoms with Crippen LogP contribution >= 0.6 is 0 Å². The highest BCUT2D eigenvalue weighted by atomic mass is 32.2. The largest absolute Gasteiger partial charge is 0.497 e. The number of benzene rings is 1. The maximum absolute atomic E-state index is 11.7. The summed E-state index contributed by atoms with van der Waals surface area (Å²) >= 11 is 0. The quantitative estimate of drug-likeness (QED) is 0.820. The minimum absolute atomic E-state index is 0.109. The molecule has 0 atom stereocenters. The van der Waals surface area contributed by atoms with Gasteiger partial charge in [-0.05, 0) is 24.3 Å². The zero-order valence-electron chi connectivity index (χ0n) is 9.76. The van der Waals surface area contributed by atoms with E-state index in [-0.39, 0.29) is 4.90 Å². The number of amides is 3. The summed E-state index contributed by atoms with van der Waals surface area (Å²) in [6, 6.07) is 4.34. The molecular formula is C10H12N2O5S. The van der Waals surface area contributed by atoms with Crippen LogP contribution in [0.2, 0.25) is 0 Å². The Morgan fingerprint density at radius 1 is 1.17 bits per heavy atom. The fourth-order valence-electron chi connectivity index (χ4n) is 1.12. The summed E-state index contributed by atoms with van der Waals surface area (Å²) in [6.07, 6.45) is 0. The molecule has 0 aliphatic carbocycles. The first-order valence-corrected chi connectivity index (χ1v) is 6.32. The van der Waals surface area contributed by atoms with Gasteiger partial charge in [-0.25, -0.2) is 17.9 Å².